The van der Waals surface area contributed by atoms with Gasteiger partial charge in [0.25, 0.3) is 6.71 Å². The van der Waals surface area contributed by atoms with Crippen LogP contribution in [-0.2, 0) is 32.5 Å². The molecule has 0 bridgehead atoms. The van der Waals surface area contributed by atoms with Gasteiger partial charge in [-0.05, 0) is 154 Å². The van der Waals surface area contributed by atoms with E-state index in [1.54, 1.807) is 0 Å². The highest BCUT2D eigenvalue weighted by Crippen LogP contribution is 2.65. The molecule has 6 aromatic carbocycles. The van der Waals surface area contributed by atoms with E-state index in [0.29, 0.717) is 0 Å². The second-order valence-corrected chi connectivity index (χ2v) is 29.3. The predicted octanol–water partition coefficient (Wildman–Crippen LogP) is 17.4. The molecule has 6 aliphatic rings. The summed E-state index contributed by atoms with van der Waals surface area (Å²) in [4.78, 5) is 8.52. The molecule has 0 saturated heterocycles. The minimum atomic E-state index is -0.145. The molecule has 1 aromatic heterocycles. The third-order valence-corrected chi connectivity index (χ3v) is 20.8. The molecular formula is C70H82BN3O. The summed E-state index contributed by atoms with van der Waals surface area (Å²) < 4.78 is 7.67. The van der Waals surface area contributed by atoms with Gasteiger partial charge in [-0.1, -0.05) is 189 Å². The Hall–Kier alpha value is -5.68. The Kier molecular flexibility index (Phi) is 10.1. The van der Waals surface area contributed by atoms with Crippen molar-refractivity contribution in [2.24, 2.45) is 0 Å². The highest BCUT2D eigenvalue weighted by molar-refractivity contribution is 7.00. The lowest BCUT2D eigenvalue weighted by Gasteiger charge is -2.53. The molecule has 0 N–H and O–H groups in total. The molecule has 4 atom stereocenters. The van der Waals surface area contributed by atoms with Crippen LogP contribution in [0.2, 0.25) is 0 Å². The van der Waals surface area contributed by atoms with Gasteiger partial charge in [0.15, 0.2) is 0 Å². The van der Waals surface area contributed by atoms with E-state index in [4.69, 9.17) is 4.42 Å². The average molecular weight is 992 g/mol. The van der Waals surface area contributed by atoms with Crippen LogP contribution < -0.4 is 31.3 Å². The maximum Gasteiger partial charge on any atom is 0.297 e. The van der Waals surface area contributed by atoms with Crippen molar-refractivity contribution < 1.29 is 4.42 Å². The predicted molar refractivity (Wildman–Crippen MR) is 321 cm³/mol. The lowest BCUT2D eigenvalue weighted by molar-refractivity contribution is 0.194. The van der Waals surface area contributed by atoms with Gasteiger partial charge in [-0.2, -0.15) is 0 Å². The Morgan fingerprint density at radius 3 is 1.64 bits per heavy atom. The summed E-state index contributed by atoms with van der Waals surface area (Å²) in [5.74, 6) is 0. The number of hydrogen-bond acceptors (Lipinski definition) is 4. The van der Waals surface area contributed by atoms with Gasteiger partial charge in [0.1, 0.15) is 5.58 Å². The van der Waals surface area contributed by atoms with Gasteiger partial charge in [0.2, 0.25) is 0 Å². The molecule has 2 saturated carbocycles. The molecule has 4 nitrogen and oxygen atoms in total. The van der Waals surface area contributed by atoms with Crippen LogP contribution in [0.5, 0.6) is 0 Å². The monoisotopic (exact) mass is 992 g/mol. The summed E-state index contributed by atoms with van der Waals surface area (Å²) in [5.41, 5.74) is 24.4. The van der Waals surface area contributed by atoms with E-state index < -0.39 is 0 Å². The smallest absolute Gasteiger partial charge is 0.297 e. The molecule has 386 valence electrons. The molecule has 4 aliphatic heterocycles. The fourth-order valence-corrected chi connectivity index (χ4v) is 15.7. The van der Waals surface area contributed by atoms with Crippen molar-refractivity contribution in [1.82, 2.24) is 0 Å². The Labute approximate surface area is 450 Å². The first kappa shape index (κ1) is 48.9. The number of nitrogens with zero attached hydrogens (tertiary/aromatic N) is 3. The summed E-state index contributed by atoms with van der Waals surface area (Å²) in [6.07, 6.45) is 9.61. The average Bonchev–Trinajstić information content (AvgIpc) is 4.05. The maximum atomic E-state index is 7.67. The van der Waals surface area contributed by atoms with Crippen molar-refractivity contribution in [3.05, 3.63) is 143 Å². The fraction of sp³-hybridized carbons (Fsp3) is 0.457. The summed E-state index contributed by atoms with van der Waals surface area (Å²) >= 11 is 0. The fourth-order valence-electron chi connectivity index (χ4n) is 15.7. The quantitative estimate of drug-likeness (QED) is 0.165. The second-order valence-electron chi connectivity index (χ2n) is 29.3. The van der Waals surface area contributed by atoms with Crippen LogP contribution in [0.3, 0.4) is 0 Å². The molecule has 2 aliphatic carbocycles. The SMILES string of the molecule is CC(C)(C)c1ccc(N2c3cc(N4c5ccc(C(C)(C)C)cc5C5(C)CCCCC45C)cc4c3B(c3cc(C(C)(C)C)cc5c3N4C3(C)CCCCC53C)c3oc4ccc(C(C)(C)C)cc4c32)c(-c2ccccc2)c1. The first-order valence-corrected chi connectivity index (χ1v) is 28.9. The molecule has 5 heterocycles. The van der Waals surface area contributed by atoms with Gasteiger partial charge >= 0.3 is 0 Å². The Morgan fingerprint density at radius 1 is 0.467 bits per heavy atom. The number of benzene rings is 6. The highest BCUT2D eigenvalue weighted by Gasteiger charge is 2.63. The zero-order valence-electron chi connectivity index (χ0n) is 48.4. The molecule has 0 radical (unpaired) electrons. The van der Waals surface area contributed by atoms with E-state index in [1.807, 2.05) is 0 Å². The van der Waals surface area contributed by atoms with Gasteiger partial charge in [-0.15, -0.1) is 0 Å². The molecule has 0 amide bonds. The normalized spacial score (nSPS) is 24.7. The van der Waals surface area contributed by atoms with E-state index >= 15 is 0 Å². The summed E-state index contributed by atoms with van der Waals surface area (Å²) in [5, 5.41) is 1.18. The van der Waals surface area contributed by atoms with Crippen LogP contribution >= 0.6 is 0 Å². The van der Waals surface area contributed by atoms with Gasteiger partial charge < -0.3 is 19.1 Å². The van der Waals surface area contributed by atoms with Crippen molar-refractivity contribution in [2.75, 3.05) is 14.7 Å². The van der Waals surface area contributed by atoms with Crippen LogP contribution in [0, 0.1) is 0 Å². The van der Waals surface area contributed by atoms with Gasteiger partial charge in [0, 0.05) is 50.2 Å². The lowest BCUT2D eigenvalue weighted by atomic mass is 9.35. The first-order valence-electron chi connectivity index (χ1n) is 28.9. The first-order chi connectivity index (χ1) is 35.2. The zero-order valence-corrected chi connectivity index (χ0v) is 48.4. The van der Waals surface area contributed by atoms with E-state index in [2.05, 4.69) is 235 Å². The van der Waals surface area contributed by atoms with Crippen molar-refractivity contribution in [3.63, 3.8) is 0 Å². The zero-order chi connectivity index (χ0) is 52.9. The molecule has 4 unspecified atom stereocenters. The second kappa shape index (κ2) is 15.5. The van der Waals surface area contributed by atoms with Gasteiger partial charge in [0.05, 0.1) is 28.1 Å². The number of fused-ring (bicyclic) bond motifs is 12. The van der Waals surface area contributed by atoms with Crippen LogP contribution in [0.1, 0.15) is 196 Å². The molecule has 5 heteroatoms. The van der Waals surface area contributed by atoms with E-state index in [-0.39, 0.29) is 50.3 Å². The molecular weight excluding hydrogens is 910 g/mol. The molecule has 7 aromatic rings. The molecule has 13 rings (SSSR count). The Bertz CT molecular complexity index is 3540. The summed E-state index contributed by atoms with van der Waals surface area (Å²) in [6.45, 7) is 38.9. The minimum absolute atomic E-state index is 0.0254. The van der Waals surface area contributed by atoms with Crippen LogP contribution in [0.15, 0.2) is 114 Å². The maximum absolute atomic E-state index is 7.67. The van der Waals surface area contributed by atoms with Crippen LogP contribution in [-0.4, -0.2) is 17.8 Å². The number of rotatable bonds is 3. The minimum Gasteiger partial charge on any atom is -0.468 e. The van der Waals surface area contributed by atoms with E-state index in [0.717, 1.165) is 24.1 Å². The lowest BCUT2D eigenvalue weighted by Crippen LogP contribution is -2.64. The largest absolute Gasteiger partial charge is 0.468 e. The third-order valence-electron chi connectivity index (χ3n) is 20.8. The van der Waals surface area contributed by atoms with Crippen molar-refractivity contribution in [1.29, 1.82) is 0 Å². The Morgan fingerprint density at radius 2 is 1.00 bits per heavy atom. The highest BCUT2D eigenvalue weighted by atomic mass is 16.3. The van der Waals surface area contributed by atoms with Gasteiger partial charge in [-0.25, -0.2) is 0 Å². The number of anilines is 7. The third kappa shape index (κ3) is 6.60. The number of hydrogen-bond donors (Lipinski definition) is 0. The van der Waals surface area contributed by atoms with E-state index in [9.17, 15) is 0 Å². The van der Waals surface area contributed by atoms with Crippen molar-refractivity contribution >= 4 is 74.1 Å². The van der Waals surface area contributed by atoms with Crippen molar-refractivity contribution in [3.8, 4) is 11.1 Å². The van der Waals surface area contributed by atoms with E-state index in [1.165, 1.54) is 139 Å². The standard InChI is InChI=1S/C70H82BN3O/c1-63(2,3)44-26-29-54(49(36-44)43-24-18-17-19-25-43)72-56-41-48(73-55-30-27-46(65(7,8)9)38-51(55)67(13)32-20-22-34-69(67,73)15)42-57-59(56)71(62-60(72)50-37-45(64(4,5)6)28-31-58(50)75-62)53-40-47(66(10,11)12)39-52-61(53)74(57)70(16)35-23-21-33-68(52,70)14/h17-19,24-31,36-42H,20-23,32-35H2,1-16H3. The Balaban J connectivity index is 1.21. The molecule has 75 heavy (non-hydrogen) atoms. The van der Waals surface area contributed by atoms with Crippen molar-refractivity contribution in [2.45, 2.75) is 206 Å². The molecule has 2 fully saturated rings. The molecule has 0 spiro atoms. The summed E-state index contributed by atoms with van der Waals surface area (Å²) in [6, 6.07) is 43.9. The topological polar surface area (TPSA) is 22.9 Å². The van der Waals surface area contributed by atoms with Crippen LogP contribution in [0.4, 0.5) is 39.8 Å². The summed E-state index contributed by atoms with van der Waals surface area (Å²) in [7, 11) is 0. The van der Waals surface area contributed by atoms with Gasteiger partial charge in [-0.3, -0.25) is 0 Å². The van der Waals surface area contributed by atoms with Crippen LogP contribution in [0.25, 0.3) is 22.1 Å². The number of furan rings is 1.